The Balaban J connectivity index is 1.29. The highest BCUT2D eigenvalue weighted by Gasteiger charge is 2.40. The van der Waals surface area contributed by atoms with Crippen LogP contribution in [0.15, 0.2) is 48.5 Å². The van der Waals surface area contributed by atoms with Crippen LogP contribution in [0.1, 0.15) is 64.0 Å². The minimum Gasteiger partial charge on any atom is -0.508 e. The third-order valence-electron chi connectivity index (χ3n) is 10.8. The average molecular weight is 837 g/mol. The zero-order valence-electron chi connectivity index (χ0n) is 34.0. The molecular weight excluding hydrogens is 780 g/mol. The highest BCUT2D eigenvalue weighted by Crippen LogP contribution is 2.22. The van der Waals surface area contributed by atoms with Crippen LogP contribution in [0, 0.1) is 5.92 Å². The van der Waals surface area contributed by atoms with E-state index in [9.17, 15) is 53.7 Å². The van der Waals surface area contributed by atoms with E-state index in [0.29, 0.717) is 36.8 Å². The molecule has 0 bridgehead atoms. The molecule has 0 spiro atoms. The molecule has 0 saturated carbocycles. The third kappa shape index (κ3) is 12.9. The normalized spacial score (nSPS) is 18.6. The van der Waals surface area contributed by atoms with Crippen molar-refractivity contribution in [3.63, 3.8) is 0 Å². The van der Waals surface area contributed by atoms with Gasteiger partial charge in [0.25, 0.3) is 0 Å². The van der Waals surface area contributed by atoms with Gasteiger partial charge in [-0.1, -0.05) is 44.5 Å². The first-order chi connectivity index (χ1) is 28.5. The monoisotopic (exact) mass is 836 g/mol. The lowest BCUT2D eigenvalue weighted by molar-refractivity contribution is -0.149. The number of phenolic OH excluding ortho intramolecular Hbond substituents is 2. The van der Waals surface area contributed by atoms with Crippen LogP contribution in [0.3, 0.4) is 0 Å². The Hall–Kier alpha value is -6.24. The van der Waals surface area contributed by atoms with Crippen molar-refractivity contribution >= 4 is 47.3 Å². The molecule has 4 rings (SSSR count). The quantitative estimate of drug-likeness (QED) is 0.0827. The van der Waals surface area contributed by atoms with Crippen molar-refractivity contribution in [2.75, 3.05) is 26.2 Å². The summed E-state index contributed by atoms with van der Waals surface area (Å²) >= 11 is 0. The highest BCUT2D eigenvalue weighted by molar-refractivity contribution is 5.96. The largest absolute Gasteiger partial charge is 0.508 e. The second kappa shape index (κ2) is 21.7. The summed E-state index contributed by atoms with van der Waals surface area (Å²) in [5.74, 6) is -5.79. The van der Waals surface area contributed by atoms with E-state index >= 15 is 0 Å². The summed E-state index contributed by atoms with van der Waals surface area (Å²) in [4.78, 5) is 107. The fraction of sp³-hybridized carbons (Fsp3) is 0.512. The molecule has 326 valence electrons. The van der Waals surface area contributed by atoms with Crippen LogP contribution >= 0.6 is 0 Å². The molecule has 60 heavy (non-hydrogen) atoms. The fourth-order valence-electron chi connectivity index (χ4n) is 7.09. The molecule has 0 aromatic heterocycles. The summed E-state index contributed by atoms with van der Waals surface area (Å²) in [6, 6.07) is 5.79. The summed E-state index contributed by atoms with van der Waals surface area (Å²) in [6.45, 7) is 4.39. The number of rotatable bonds is 19. The van der Waals surface area contributed by atoms with E-state index in [0.717, 1.165) is 0 Å². The number of aromatic hydroxyl groups is 2. The number of carboxylic acid groups (broad SMARTS) is 1. The Kier molecular flexibility index (Phi) is 16.8. The van der Waals surface area contributed by atoms with E-state index in [2.05, 4.69) is 26.6 Å². The van der Waals surface area contributed by atoms with Crippen LogP contribution in [0.25, 0.3) is 0 Å². The fourth-order valence-corrected chi connectivity index (χ4v) is 7.09. The van der Waals surface area contributed by atoms with E-state index in [1.807, 2.05) is 13.8 Å². The lowest BCUT2D eigenvalue weighted by Crippen LogP contribution is -2.57. The molecule has 2 aliphatic heterocycles. The van der Waals surface area contributed by atoms with E-state index in [1.54, 1.807) is 24.3 Å². The van der Waals surface area contributed by atoms with Gasteiger partial charge < -0.3 is 57.4 Å². The number of carboxylic acids is 1. The van der Waals surface area contributed by atoms with Gasteiger partial charge in [0, 0.05) is 25.9 Å². The maximum Gasteiger partial charge on any atom is 0.326 e. The molecule has 2 aromatic rings. The van der Waals surface area contributed by atoms with E-state index in [4.69, 9.17) is 5.73 Å². The van der Waals surface area contributed by atoms with Gasteiger partial charge in [-0.25, -0.2) is 4.79 Å². The van der Waals surface area contributed by atoms with Crippen molar-refractivity contribution in [3.05, 3.63) is 59.7 Å². The van der Waals surface area contributed by atoms with E-state index < -0.39 is 96.7 Å². The van der Waals surface area contributed by atoms with Gasteiger partial charge in [0.15, 0.2) is 0 Å². The topological polar surface area (TPSA) is 290 Å². The maximum absolute atomic E-state index is 13.9. The lowest BCUT2D eigenvalue weighted by Gasteiger charge is -2.30. The molecule has 2 heterocycles. The number of carbonyl (C=O) groups excluding carboxylic acids is 7. The first kappa shape index (κ1) is 46.4. The van der Waals surface area contributed by atoms with Gasteiger partial charge in [-0.15, -0.1) is 0 Å². The summed E-state index contributed by atoms with van der Waals surface area (Å²) in [7, 11) is 0. The molecule has 2 fully saturated rings. The first-order valence-electron chi connectivity index (χ1n) is 20.1. The number of nitrogens with zero attached hydrogens (tertiary/aromatic N) is 2. The number of aliphatic carboxylic acids is 1. The van der Waals surface area contributed by atoms with Gasteiger partial charge in [0.05, 0.1) is 19.1 Å². The highest BCUT2D eigenvalue weighted by atomic mass is 16.4. The number of nitrogens with two attached hydrogens (primary N) is 1. The number of likely N-dealkylation sites (tertiary alicyclic amines) is 2. The van der Waals surface area contributed by atoms with Crippen LogP contribution in [-0.4, -0.2) is 135 Å². The molecular formula is C41H56N8O11. The molecule has 19 nitrogen and oxygen atoms in total. The maximum atomic E-state index is 13.9. The van der Waals surface area contributed by atoms with Crippen LogP contribution in [0.4, 0.5) is 0 Å². The number of benzene rings is 2. The number of hydrogen-bond acceptors (Lipinski definition) is 11. The third-order valence-corrected chi connectivity index (χ3v) is 10.8. The van der Waals surface area contributed by atoms with Gasteiger partial charge in [-0.2, -0.15) is 0 Å². The Bertz CT molecular complexity index is 1880. The molecule has 0 aliphatic carbocycles. The number of phenols is 2. The summed E-state index contributed by atoms with van der Waals surface area (Å²) < 4.78 is 0. The Morgan fingerprint density at radius 2 is 1.15 bits per heavy atom. The Labute approximate surface area is 347 Å². The summed E-state index contributed by atoms with van der Waals surface area (Å²) in [6.07, 6.45) is 2.21. The molecule has 2 aromatic carbocycles. The van der Waals surface area contributed by atoms with Gasteiger partial charge in [0.2, 0.25) is 41.4 Å². The molecule has 2 saturated heterocycles. The predicted octanol–water partition coefficient (Wildman–Crippen LogP) is -0.970. The number of nitrogens with one attached hydrogen (secondary N) is 5. The molecule has 0 unspecified atom stereocenters. The van der Waals surface area contributed by atoms with Crippen LogP contribution in [-0.2, 0) is 51.2 Å². The minimum absolute atomic E-state index is 0.00637. The van der Waals surface area contributed by atoms with Crippen LogP contribution < -0.4 is 32.3 Å². The molecule has 7 amide bonds. The van der Waals surface area contributed by atoms with Crippen molar-refractivity contribution in [2.45, 2.75) is 102 Å². The molecule has 19 heteroatoms. The molecule has 2 aliphatic rings. The van der Waals surface area contributed by atoms with Gasteiger partial charge >= 0.3 is 5.97 Å². The van der Waals surface area contributed by atoms with Gasteiger partial charge in [-0.05, 0) is 73.9 Å². The standard InChI is InChI=1S/C41H56N8O11/c1-4-23(2)35(42)38(56)47-30(20-26-11-15-28(51)16-12-26)39(57)48-17-5-7-31(48)37(55)44-21-33(52)43-22-34(53)45-24(3)36(54)46-29(19-25-9-13-27(50)14-10-25)40(58)49-18-6-8-32(49)41(59)60/h9-16,23-24,29-32,35,50-51H,4-8,17-22,42H2,1-3H3,(H,43,52)(H,44,55)(H,45,53)(H,46,54)(H,47,56)(H,59,60)/t23-,24-,29-,30-,31-,32-,35-/m0/s1. The lowest BCUT2D eigenvalue weighted by atomic mass is 9.98. The van der Waals surface area contributed by atoms with Crippen molar-refractivity contribution < 1.29 is 53.7 Å². The van der Waals surface area contributed by atoms with Crippen molar-refractivity contribution in [1.29, 1.82) is 0 Å². The minimum atomic E-state index is -1.19. The van der Waals surface area contributed by atoms with Crippen LogP contribution in [0.2, 0.25) is 0 Å². The van der Waals surface area contributed by atoms with E-state index in [-0.39, 0.29) is 49.8 Å². The second-order valence-corrected chi connectivity index (χ2v) is 15.3. The molecule has 7 atom stereocenters. The van der Waals surface area contributed by atoms with Gasteiger partial charge in [-0.3, -0.25) is 33.6 Å². The Morgan fingerprint density at radius 3 is 1.65 bits per heavy atom. The van der Waals surface area contributed by atoms with Crippen molar-refractivity contribution in [3.8, 4) is 11.5 Å². The molecule has 0 radical (unpaired) electrons. The van der Waals surface area contributed by atoms with E-state index in [1.165, 1.54) is 41.0 Å². The van der Waals surface area contributed by atoms with Crippen molar-refractivity contribution in [2.24, 2.45) is 11.7 Å². The average Bonchev–Trinajstić information content (AvgIpc) is 3.93. The van der Waals surface area contributed by atoms with Crippen LogP contribution in [0.5, 0.6) is 11.5 Å². The zero-order valence-corrected chi connectivity index (χ0v) is 34.0. The smallest absolute Gasteiger partial charge is 0.326 e. The van der Waals surface area contributed by atoms with Crippen molar-refractivity contribution in [1.82, 2.24) is 36.4 Å². The number of amides is 7. The SMILES string of the molecule is CC[C@H](C)[C@H](N)C(=O)N[C@@H](Cc1ccc(O)cc1)C(=O)N1CCC[C@H]1C(=O)NCC(=O)NCC(=O)N[C@@H](C)C(=O)N[C@@H](Cc1ccc(O)cc1)C(=O)N1CCC[C@H]1C(=O)O. The predicted molar refractivity (Wildman–Crippen MR) is 216 cm³/mol. The molecule has 10 N–H and O–H groups in total. The first-order valence-corrected chi connectivity index (χ1v) is 20.1. The summed E-state index contributed by atoms with van der Waals surface area (Å²) in [5, 5.41) is 41.6. The zero-order chi connectivity index (χ0) is 44.1. The van der Waals surface area contributed by atoms with Gasteiger partial charge in [0.1, 0.15) is 41.7 Å². The second-order valence-electron chi connectivity index (χ2n) is 15.3. The number of hydrogen-bond donors (Lipinski definition) is 9. The summed E-state index contributed by atoms with van der Waals surface area (Å²) in [5.41, 5.74) is 7.38. The number of carbonyl (C=O) groups is 8. The Morgan fingerprint density at radius 1 is 0.683 bits per heavy atom.